The van der Waals surface area contributed by atoms with Crippen molar-refractivity contribution in [2.75, 3.05) is 0 Å². The van der Waals surface area contributed by atoms with E-state index in [1.54, 1.807) is 6.07 Å². The van der Waals surface area contributed by atoms with Crippen molar-refractivity contribution in [3.63, 3.8) is 0 Å². The maximum Gasteiger partial charge on any atom is 0.203 e. The number of ketones is 1. The summed E-state index contributed by atoms with van der Waals surface area (Å²) in [7, 11) is 0. The van der Waals surface area contributed by atoms with E-state index in [0.29, 0.717) is 5.69 Å². The molecule has 0 atom stereocenters. The van der Waals surface area contributed by atoms with Gasteiger partial charge >= 0.3 is 0 Å². The summed E-state index contributed by atoms with van der Waals surface area (Å²) < 4.78 is 0. The minimum atomic E-state index is -0.178. The summed E-state index contributed by atoms with van der Waals surface area (Å²) in [6.07, 6.45) is 4.07. The van der Waals surface area contributed by atoms with Crippen molar-refractivity contribution in [1.29, 1.82) is 0 Å². The lowest BCUT2D eigenvalue weighted by atomic mass is 10.3. The van der Waals surface area contributed by atoms with E-state index >= 15 is 0 Å². The van der Waals surface area contributed by atoms with Crippen molar-refractivity contribution in [2.45, 2.75) is 0 Å². The first kappa shape index (κ1) is 6.61. The zero-order valence-electron chi connectivity index (χ0n) is 5.32. The van der Waals surface area contributed by atoms with Crippen LogP contribution in [0.4, 0.5) is 0 Å². The molecule has 1 aromatic rings. The molecule has 0 saturated heterocycles. The number of hydrogen-bond acceptors (Lipinski definition) is 3. The highest BCUT2D eigenvalue weighted by atomic mass is 16.1. The Balaban J connectivity index is 2.95. The minimum Gasteiger partial charge on any atom is -0.288 e. The predicted octanol–water partition coefficient (Wildman–Crippen LogP) is 0.845. The van der Waals surface area contributed by atoms with Gasteiger partial charge in [-0.1, -0.05) is 6.58 Å². The smallest absolute Gasteiger partial charge is 0.203 e. The molecule has 0 saturated carbocycles. The second-order valence-electron chi connectivity index (χ2n) is 1.66. The van der Waals surface area contributed by atoms with Gasteiger partial charge in [0.2, 0.25) is 5.78 Å². The maximum atomic E-state index is 10.8. The van der Waals surface area contributed by atoms with E-state index in [4.69, 9.17) is 0 Å². The topological polar surface area (TPSA) is 42.9 Å². The number of carbonyl (C=O) groups excluding carboxylic acids is 1. The Morgan fingerprint density at radius 3 is 3.00 bits per heavy atom. The molecule has 0 N–H and O–H groups in total. The highest BCUT2D eigenvalue weighted by Crippen LogP contribution is 1.92. The van der Waals surface area contributed by atoms with Gasteiger partial charge < -0.3 is 0 Å². The highest BCUT2D eigenvalue weighted by Gasteiger charge is 1.98. The zero-order valence-corrected chi connectivity index (χ0v) is 5.32. The van der Waals surface area contributed by atoms with Crippen molar-refractivity contribution in [3.8, 4) is 0 Å². The molecular formula is C7H6N2O. The molecule has 0 aliphatic rings. The quantitative estimate of drug-likeness (QED) is 0.444. The second kappa shape index (κ2) is 2.87. The Kier molecular flexibility index (Phi) is 1.89. The number of allylic oxidation sites excluding steroid dienone is 1. The van der Waals surface area contributed by atoms with Gasteiger partial charge in [-0.25, -0.2) is 9.97 Å². The van der Waals surface area contributed by atoms with Crippen LogP contribution >= 0.6 is 0 Å². The van der Waals surface area contributed by atoms with Crippen LogP contribution in [0.1, 0.15) is 10.5 Å². The highest BCUT2D eigenvalue weighted by molar-refractivity contribution is 6.02. The van der Waals surface area contributed by atoms with Crippen molar-refractivity contribution < 1.29 is 4.79 Å². The van der Waals surface area contributed by atoms with Gasteiger partial charge in [-0.15, -0.1) is 0 Å². The summed E-state index contributed by atoms with van der Waals surface area (Å²) >= 11 is 0. The van der Waals surface area contributed by atoms with Crippen molar-refractivity contribution in [3.05, 3.63) is 36.9 Å². The maximum absolute atomic E-state index is 10.8. The molecule has 0 radical (unpaired) electrons. The number of aromatic nitrogens is 2. The fourth-order valence-corrected chi connectivity index (χ4v) is 0.541. The first-order valence-electron chi connectivity index (χ1n) is 2.77. The van der Waals surface area contributed by atoms with Crippen LogP contribution < -0.4 is 0 Å². The van der Waals surface area contributed by atoms with E-state index in [0.717, 1.165) is 0 Å². The predicted molar refractivity (Wildman–Crippen MR) is 36.6 cm³/mol. The Morgan fingerprint density at radius 1 is 1.70 bits per heavy atom. The standard InChI is InChI=1S/C7H6N2O/c1-2-7(10)6-3-4-8-5-9-6/h2-5H,1H2. The van der Waals surface area contributed by atoms with Crippen LogP contribution in [0.3, 0.4) is 0 Å². The third kappa shape index (κ3) is 1.25. The first-order chi connectivity index (χ1) is 4.84. The summed E-state index contributed by atoms with van der Waals surface area (Å²) in [6, 6.07) is 1.55. The lowest BCUT2D eigenvalue weighted by Crippen LogP contribution is -1.96. The zero-order chi connectivity index (χ0) is 7.40. The molecule has 0 aliphatic heterocycles. The van der Waals surface area contributed by atoms with Gasteiger partial charge in [-0.05, 0) is 12.1 Å². The number of rotatable bonds is 2. The molecule has 0 bridgehead atoms. The lowest BCUT2D eigenvalue weighted by molar-refractivity contribution is 0.104. The Morgan fingerprint density at radius 2 is 2.50 bits per heavy atom. The molecule has 0 aromatic carbocycles. The molecule has 0 fully saturated rings. The van der Waals surface area contributed by atoms with Crippen LogP contribution in [-0.2, 0) is 0 Å². The summed E-state index contributed by atoms with van der Waals surface area (Å²) in [5.41, 5.74) is 0.380. The van der Waals surface area contributed by atoms with Crippen LogP contribution in [0.2, 0.25) is 0 Å². The average Bonchev–Trinajstić information content (AvgIpc) is 2.05. The number of nitrogens with zero attached hydrogens (tertiary/aromatic N) is 2. The van der Waals surface area contributed by atoms with E-state index < -0.39 is 0 Å². The second-order valence-corrected chi connectivity index (χ2v) is 1.66. The van der Waals surface area contributed by atoms with Crippen LogP contribution in [0, 0.1) is 0 Å². The fourth-order valence-electron chi connectivity index (χ4n) is 0.541. The van der Waals surface area contributed by atoms with Gasteiger partial charge in [0.05, 0.1) is 0 Å². The van der Waals surface area contributed by atoms with Gasteiger partial charge in [0.25, 0.3) is 0 Å². The van der Waals surface area contributed by atoms with Crippen LogP contribution in [-0.4, -0.2) is 15.8 Å². The molecule has 50 valence electrons. The van der Waals surface area contributed by atoms with Crippen LogP contribution in [0.5, 0.6) is 0 Å². The van der Waals surface area contributed by atoms with Gasteiger partial charge in [0.15, 0.2) is 0 Å². The van der Waals surface area contributed by atoms with Gasteiger partial charge in [0.1, 0.15) is 12.0 Å². The molecule has 0 unspecified atom stereocenters. The van der Waals surface area contributed by atoms with Gasteiger partial charge in [0, 0.05) is 6.20 Å². The van der Waals surface area contributed by atoms with Crippen molar-refractivity contribution >= 4 is 5.78 Å². The first-order valence-corrected chi connectivity index (χ1v) is 2.77. The molecule has 1 rings (SSSR count). The van der Waals surface area contributed by atoms with Gasteiger partial charge in [-0.3, -0.25) is 4.79 Å². The molecular weight excluding hydrogens is 128 g/mol. The molecule has 0 spiro atoms. The van der Waals surface area contributed by atoms with Crippen molar-refractivity contribution in [1.82, 2.24) is 9.97 Å². The third-order valence-electron chi connectivity index (χ3n) is 1.02. The average molecular weight is 134 g/mol. The van der Waals surface area contributed by atoms with E-state index in [9.17, 15) is 4.79 Å². The van der Waals surface area contributed by atoms with Crippen LogP contribution in [0.15, 0.2) is 31.2 Å². The van der Waals surface area contributed by atoms with Crippen molar-refractivity contribution in [2.24, 2.45) is 0 Å². The largest absolute Gasteiger partial charge is 0.288 e. The van der Waals surface area contributed by atoms with E-state index in [2.05, 4.69) is 16.5 Å². The van der Waals surface area contributed by atoms with Crippen LogP contribution in [0.25, 0.3) is 0 Å². The minimum absolute atomic E-state index is 0.178. The normalized spacial score (nSPS) is 8.80. The number of hydrogen-bond donors (Lipinski definition) is 0. The van der Waals surface area contributed by atoms with E-state index in [1.165, 1.54) is 18.6 Å². The summed E-state index contributed by atoms with van der Waals surface area (Å²) in [4.78, 5) is 18.2. The summed E-state index contributed by atoms with van der Waals surface area (Å²) in [5.74, 6) is -0.178. The number of carbonyl (C=O) groups is 1. The Bertz CT molecular complexity index is 243. The van der Waals surface area contributed by atoms with Gasteiger partial charge in [-0.2, -0.15) is 0 Å². The Hall–Kier alpha value is -1.51. The third-order valence-corrected chi connectivity index (χ3v) is 1.02. The summed E-state index contributed by atoms with van der Waals surface area (Å²) in [5, 5.41) is 0. The molecule has 3 nitrogen and oxygen atoms in total. The van der Waals surface area contributed by atoms with E-state index in [-0.39, 0.29) is 5.78 Å². The SMILES string of the molecule is C=CC(=O)c1ccncn1. The molecule has 1 aromatic heterocycles. The molecule has 3 heteroatoms. The molecule has 1 heterocycles. The summed E-state index contributed by atoms with van der Waals surface area (Å²) in [6.45, 7) is 3.33. The Labute approximate surface area is 58.4 Å². The molecule has 0 aliphatic carbocycles. The molecule has 10 heavy (non-hydrogen) atoms. The monoisotopic (exact) mass is 134 g/mol. The fraction of sp³-hybridized carbons (Fsp3) is 0. The lowest BCUT2D eigenvalue weighted by Gasteiger charge is -1.89. The van der Waals surface area contributed by atoms with E-state index in [1.807, 2.05) is 0 Å². The molecule has 0 amide bonds.